The van der Waals surface area contributed by atoms with E-state index in [1.54, 1.807) is 0 Å². The molecule has 0 aliphatic carbocycles. The standard InChI is InChI=1S/C16H16ClN/c17-14-9-5-4-8-13(14)16-11-10-15(18-16)12-6-2-1-3-7-12/h1-9,15-16,18H,10-11H2. The quantitative estimate of drug-likeness (QED) is 0.835. The second-order valence-corrected chi connectivity index (χ2v) is 5.19. The summed E-state index contributed by atoms with van der Waals surface area (Å²) in [6.07, 6.45) is 2.31. The van der Waals surface area contributed by atoms with E-state index in [2.05, 4.69) is 47.8 Å². The summed E-state index contributed by atoms with van der Waals surface area (Å²) >= 11 is 6.26. The molecular weight excluding hydrogens is 242 g/mol. The Morgan fingerprint density at radius 1 is 0.833 bits per heavy atom. The molecule has 2 aromatic carbocycles. The first kappa shape index (κ1) is 11.8. The van der Waals surface area contributed by atoms with Crippen LogP contribution in [0.15, 0.2) is 54.6 Å². The summed E-state index contributed by atoms with van der Waals surface area (Å²) in [5.41, 5.74) is 2.59. The van der Waals surface area contributed by atoms with Crippen molar-refractivity contribution < 1.29 is 0 Å². The first-order chi connectivity index (χ1) is 8.84. The van der Waals surface area contributed by atoms with Crippen molar-refractivity contribution in [3.8, 4) is 0 Å². The molecule has 2 heteroatoms. The Labute approximate surface area is 113 Å². The molecule has 1 fully saturated rings. The molecule has 0 bridgehead atoms. The predicted molar refractivity (Wildman–Crippen MR) is 75.7 cm³/mol. The smallest absolute Gasteiger partial charge is 0.0453 e. The van der Waals surface area contributed by atoms with Crippen molar-refractivity contribution in [3.63, 3.8) is 0 Å². The highest BCUT2D eigenvalue weighted by Crippen LogP contribution is 2.36. The lowest BCUT2D eigenvalue weighted by atomic mass is 10.0. The molecule has 2 aromatic rings. The lowest BCUT2D eigenvalue weighted by Crippen LogP contribution is -2.17. The van der Waals surface area contributed by atoms with Gasteiger partial charge in [-0.05, 0) is 30.0 Å². The van der Waals surface area contributed by atoms with Gasteiger partial charge < -0.3 is 5.32 Å². The van der Waals surface area contributed by atoms with E-state index in [0.717, 1.165) is 11.4 Å². The summed E-state index contributed by atoms with van der Waals surface area (Å²) in [6, 6.07) is 19.6. The largest absolute Gasteiger partial charge is 0.303 e. The maximum Gasteiger partial charge on any atom is 0.0453 e. The molecule has 1 heterocycles. The van der Waals surface area contributed by atoms with Crippen molar-refractivity contribution in [2.24, 2.45) is 0 Å². The molecule has 92 valence electrons. The van der Waals surface area contributed by atoms with Crippen LogP contribution in [0.25, 0.3) is 0 Å². The fourth-order valence-corrected chi connectivity index (χ4v) is 2.96. The third-order valence-corrected chi connectivity index (χ3v) is 3.97. The third kappa shape index (κ3) is 2.29. The number of halogens is 1. The maximum atomic E-state index is 6.26. The van der Waals surface area contributed by atoms with Gasteiger partial charge in [-0.15, -0.1) is 0 Å². The van der Waals surface area contributed by atoms with Crippen LogP contribution < -0.4 is 5.32 Å². The zero-order chi connectivity index (χ0) is 12.4. The topological polar surface area (TPSA) is 12.0 Å². The summed E-state index contributed by atoms with van der Waals surface area (Å²) in [6.45, 7) is 0. The highest BCUT2D eigenvalue weighted by molar-refractivity contribution is 6.31. The Bertz CT molecular complexity index is 524. The summed E-state index contributed by atoms with van der Waals surface area (Å²) in [7, 11) is 0. The predicted octanol–water partition coefficient (Wildman–Crippen LogP) is 4.51. The molecule has 1 aliphatic heterocycles. The van der Waals surface area contributed by atoms with Gasteiger partial charge in [-0.1, -0.05) is 60.1 Å². The molecular formula is C16H16ClN. The highest BCUT2D eigenvalue weighted by Gasteiger charge is 2.26. The van der Waals surface area contributed by atoms with Crippen molar-refractivity contribution in [1.29, 1.82) is 0 Å². The first-order valence-electron chi connectivity index (χ1n) is 6.40. The van der Waals surface area contributed by atoms with E-state index >= 15 is 0 Å². The normalized spacial score (nSPS) is 23.2. The zero-order valence-corrected chi connectivity index (χ0v) is 10.9. The second-order valence-electron chi connectivity index (χ2n) is 4.78. The lowest BCUT2D eigenvalue weighted by molar-refractivity contribution is 0.575. The lowest BCUT2D eigenvalue weighted by Gasteiger charge is -2.16. The van der Waals surface area contributed by atoms with E-state index in [0.29, 0.717) is 12.1 Å². The van der Waals surface area contributed by atoms with E-state index in [-0.39, 0.29) is 0 Å². The Morgan fingerprint density at radius 3 is 2.28 bits per heavy atom. The third-order valence-electron chi connectivity index (χ3n) is 3.63. The van der Waals surface area contributed by atoms with E-state index in [1.165, 1.54) is 17.5 Å². The van der Waals surface area contributed by atoms with Crippen LogP contribution in [0.2, 0.25) is 5.02 Å². The zero-order valence-electron chi connectivity index (χ0n) is 10.1. The van der Waals surface area contributed by atoms with Crippen LogP contribution in [0.1, 0.15) is 36.1 Å². The summed E-state index contributed by atoms with van der Waals surface area (Å²) in [4.78, 5) is 0. The minimum atomic E-state index is 0.379. The van der Waals surface area contributed by atoms with E-state index in [1.807, 2.05) is 12.1 Å². The molecule has 0 saturated carbocycles. The summed E-state index contributed by atoms with van der Waals surface area (Å²) in [5.74, 6) is 0. The van der Waals surface area contributed by atoms with Crippen LogP contribution >= 0.6 is 11.6 Å². The highest BCUT2D eigenvalue weighted by atomic mass is 35.5. The van der Waals surface area contributed by atoms with Crippen LogP contribution in [0.4, 0.5) is 0 Å². The summed E-state index contributed by atoms with van der Waals surface area (Å²) in [5, 5.41) is 4.54. The van der Waals surface area contributed by atoms with Crippen molar-refractivity contribution in [1.82, 2.24) is 5.32 Å². The van der Waals surface area contributed by atoms with Crippen LogP contribution in [0, 0.1) is 0 Å². The minimum Gasteiger partial charge on any atom is -0.303 e. The van der Waals surface area contributed by atoms with Gasteiger partial charge in [0.05, 0.1) is 0 Å². The Hall–Kier alpha value is -1.31. The first-order valence-corrected chi connectivity index (χ1v) is 6.78. The number of hydrogen-bond acceptors (Lipinski definition) is 1. The van der Waals surface area contributed by atoms with Crippen LogP contribution in [0.5, 0.6) is 0 Å². The van der Waals surface area contributed by atoms with Crippen LogP contribution in [0.3, 0.4) is 0 Å². The van der Waals surface area contributed by atoms with Crippen molar-refractivity contribution in [2.75, 3.05) is 0 Å². The molecule has 1 saturated heterocycles. The molecule has 3 rings (SSSR count). The molecule has 1 nitrogen and oxygen atoms in total. The van der Waals surface area contributed by atoms with E-state index in [4.69, 9.17) is 11.6 Å². The Kier molecular flexibility index (Phi) is 3.35. The van der Waals surface area contributed by atoms with Gasteiger partial charge in [0.2, 0.25) is 0 Å². The molecule has 1 N–H and O–H groups in total. The van der Waals surface area contributed by atoms with E-state index in [9.17, 15) is 0 Å². The molecule has 1 aliphatic rings. The average molecular weight is 258 g/mol. The maximum absolute atomic E-state index is 6.26. The fraction of sp³-hybridized carbons (Fsp3) is 0.250. The molecule has 0 radical (unpaired) electrons. The fourth-order valence-electron chi connectivity index (χ4n) is 2.69. The van der Waals surface area contributed by atoms with Crippen LogP contribution in [-0.4, -0.2) is 0 Å². The summed E-state index contributed by atoms with van der Waals surface area (Å²) < 4.78 is 0. The van der Waals surface area contributed by atoms with Crippen molar-refractivity contribution in [2.45, 2.75) is 24.9 Å². The molecule has 18 heavy (non-hydrogen) atoms. The number of nitrogens with one attached hydrogen (secondary N) is 1. The van der Waals surface area contributed by atoms with Gasteiger partial charge in [0.1, 0.15) is 0 Å². The number of hydrogen-bond donors (Lipinski definition) is 1. The van der Waals surface area contributed by atoms with Gasteiger partial charge in [0.15, 0.2) is 0 Å². The Morgan fingerprint density at radius 2 is 1.50 bits per heavy atom. The van der Waals surface area contributed by atoms with Gasteiger partial charge in [0.25, 0.3) is 0 Å². The van der Waals surface area contributed by atoms with Gasteiger partial charge in [-0.25, -0.2) is 0 Å². The second kappa shape index (κ2) is 5.13. The molecule has 2 unspecified atom stereocenters. The number of rotatable bonds is 2. The molecule has 0 amide bonds. The van der Waals surface area contributed by atoms with Gasteiger partial charge in [0, 0.05) is 17.1 Å². The van der Waals surface area contributed by atoms with E-state index < -0.39 is 0 Å². The SMILES string of the molecule is Clc1ccccc1C1CCC(c2ccccc2)N1. The van der Waals surface area contributed by atoms with Crippen molar-refractivity contribution in [3.05, 3.63) is 70.7 Å². The number of benzene rings is 2. The van der Waals surface area contributed by atoms with Gasteiger partial charge in [-0.2, -0.15) is 0 Å². The average Bonchev–Trinajstić information content (AvgIpc) is 2.90. The van der Waals surface area contributed by atoms with Gasteiger partial charge >= 0.3 is 0 Å². The van der Waals surface area contributed by atoms with Gasteiger partial charge in [-0.3, -0.25) is 0 Å². The molecule has 0 spiro atoms. The molecule has 0 aromatic heterocycles. The monoisotopic (exact) mass is 257 g/mol. The Balaban J connectivity index is 1.78. The molecule has 2 atom stereocenters. The van der Waals surface area contributed by atoms with Crippen LogP contribution in [-0.2, 0) is 0 Å². The minimum absolute atomic E-state index is 0.379. The van der Waals surface area contributed by atoms with Crippen molar-refractivity contribution >= 4 is 11.6 Å².